The van der Waals surface area contributed by atoms with Gasteiger partial charge in [0.2, 0.25) is 0 Å². The van der Waals surface area contributed by atoms with E-state index in [1.165, 1.54) is 12.1 Å². The molecule has 0 radical (unpaired) electrons. The highest BCUT2D eigenvalue weighted by Crippen LogP contribution is 2.30. The molecule has 0 aliphatic carbocycles. The van der Waals surface area contributed by atoms with Crippen molar-refractivity contribution in [2.45, 2.75) is 25.4 Å². The second-order valence-corrected chi connectivity index (χ2v) is 7.11. The summed E-state index contributed by atoms with van der Waals surface area (Å²) in [4.78, 5) is 4.62. The van der Waals surface area contributed by atoms with E-state index in [4.69, 9.17) is 0 Å². The third kappa shape index (κ3) is 5.22. The van der Waals surface area contributed by atoms with Gasteiger partial charge in [0.1, 0.15) is 5.82 Å². The standard InChI is InChI=1S/C21H24F4N2/c1-16(17-2-4-18(5-3-17)21(23,24)25)10-11-26-12-14-27(15-13-26)20-8-6-19(22)7-9-20/h2-9,16H,10-15H2,1H3. The van der Waals surface area contributed by atoms with E-state index >= 15 is 0 Å². The van der Waals surface area contributed by atoms with Gasteiger partial charge in [-0.3, -0.25) is 4.90 Å². The Hall–Kier alpha value is -2.08. The Morgan fingerprint density at radius 1 is 0.889 bits per heavy atom. The molecule has 1 saturated heterocycles. The Labute approximate surface area is 157 Å². The van der Waals surface area contributed by atoms with Gasteiger partial charge in [0, 0.05) is 31.9 Å². The number of nitrogens with zero attached hydrogens (tertiary/aromatic N) is 2. The first-order valence-electron chi connectivity index (χ1n) is 9.23. The van der Waals surface area contributed by atoms with Crippen LogP contribution in [-0.4, -0.2) is 37.6 Å². The smallest absolute Gasteiger partial charge is 0.369 e. The van der Waals surface area contributed by atoms with E-state index in [0.717, 1.165) is 62.5 Å². The molecule has 1 fully saturated rings. The highest BCUT2D eigenvalue weighted by atomic mass is 19.4. The molecule has 0 spiro atoms. The summed E-state index contributed by atoms with van der Waals surface area (Å²) in [7, 11) is 0. The summed E-state index contributed by atoms with van der Waals surface area (Å²) in [6.07, 6.45) is -3.38. The SMILES string of the molecule is CC(CCN1CCN(c2ccc(F)cc2)CC1)c1ccc(C(F)(F)F)cc1. The lowest BCUT2D eigenvalue weighted by Crippen LogP contribution is -2.46. The molecule has 0 N–H and O–H groups in total. The zero-order chi connectivity index (χ0) is 19.4. The Kier molecular flexibility index (Phi) is 6.05. The summed E-state index contributed by atoms with van der Waals surface area (Å²) >= 11 is 0. The van der Waals surface area contributed by atoms with Crippen LogP contribution in [-0.2, 0) is 6.18 Å². The highest BCUT2D eigenvalue weighted by Gasteiger charge is 2.30. The maximum Gasteiger partial charge on any atom is 0.416 e. The molecule has 1 atom stereocenters. The van der Waals surface area contributed by atoms with Crippen molar-refractivity contribution in [3.63, 3.8) is 0 Å². The zero-order valence-corrected chi connectivity index (χ0v) is 15.3. The van der Waals surface area contributed by atoms with Crippen LogP contribution in [0, 0.1) is 5.82 Å². The Morgan fingerprint density at radius 3 is 2.04 bits per heavy atom. The van der Waals surface area contributed by atoms with Crippen LogP contribution in [0.15, 0.2) is 48.5 Å². The van der Waals surface area contributed by atoms with Crippen LogP contribution >= 0.6 is 0 Å². The minimum atomic E-state index is -4.29. The summed E-state index contributed by atoms with van der Waals surface area (Å²) in [6.45, 7) is 6.60. The molecule has 0 saturated carbocycles. The summed E-state index contributed by atoms with van der Waals surface area (Å²) in [6, 6.07) is 12.1. The van der Waals surface area contributed by atoms with Crippen molar-refractivity contribution >= 4 is 5.69 Å². The van der Waals surface area contributed by atoms with Gasteiger partial charge < -0.3 is 4.90 Å². The van der Waals surface area contributed by atoms with Crippen molar-refractivity contribution in [3.8, 4) is 0 Å². The van der Waals surface area contributed by atoms with Gasteiger partial charge >= 0.3 is 6.18 Å². The lowest BCUT2D eigenvalue weighted by atomic mass is 9.96. The monoisotopic (exact) mass is 380 g/mol. The van der Waals surface area contributed by atoms with Gasteiger partial charge in [-0.15, -0.1) is 0 Å². The van der Waals surface area contributed by atoms with Gasteiger partial charge in [-0.05, 0) is 60.8 Å². The van der Waals surface area contributed by atoms with E-state index in [1.54, 1.807) is 24.3 Å². The molecule has 27 heavy (non-hydrogen) atoms. The van der Waals surface area contributed by atoms with Crippen LogP contribution in [0.4, 0.5) is 23.2 Å². The first-order valence-corrected chi connectivity index (χ1v) is 9.23. The van der Waals surface area contributed by atoms with Crippen molar-refractivity contribution in [2.75, 3.05) is 37.6 Å². The van der Waals surface area contributed by atoms with Crippen LogP contribution in [0.1, 0.15) is 30.4 Å². The third-order valence-electron chi connectivity index (χ3n) is 5.25. The molecule has 6 heteroatoms. The second kappa shape index (κ2) is 8.30. The zero-order valence-electron chi connectivity index (χ0n) is 15.3. The first-order chi connectivity index (χ1) is 12.8. The van der Waals surface area contributed by atoms with Crippen molar-refractivity contribution in [3.05, 3.63) is 65.5 Å². The Balaban J connectivity index is 1.46. The lowest BCUT2D eigenvalue weighted by Gasteiger charge is -2.36. The average molecular weight is 380 g/mol. The van der Waals surface area contributed by atoms with Gasteiger partial charge in [-0.2, -0.15) is 13.2 Å². The van der Waals surface area contributed by atoms with Crippen molar-refractivity contribution < 1.29 is 17.6 Å². The Bertz CT molecular complexity index is 717. The van der Waals surface area contributed by atoms with Crippen LogP contribution in [0.5, 0.6) is 0 Å². The summed E-state index contributed by atoms with van der Waals surface area (Å²) < 4.78 is 51.0. The summed E-state index contributed by atoms with van der Waals surface area (Å²) in [5.41, 5.74) is 1.37. The van der Waals surface area contributed by atoms with Crippen LogP contribution in [0.2, 0.25) is 0 Å². The van der Waals surface area contributed by atoms with E-state index in [1.807, 2.05) is 0 Å². The van der Waals surface area contributed by atoms with Crippen LogP contribution in [0.25, 0.3) is 0 Å². The van der Waals surface area contributed by atoms with Crippen molar-refractivity contribution in [1.29, 1.82) is 0 Å². The molecule has 3 rings (SSSR count). The molecule has 1 heterocycles. The number of hydrogen-bond acceptors (Lipinski definition) is 2. The van der Waals surface area contributed by atoms with E-state index in [-0.39, 0.29) is 11.7 Å². The summed E-state index contributed by atoms with van der Waals surface area (Å²) in [5, 5.41) is 0. The minimum absolute atomic E-state index is 0.211. The van der Waals surface area contributed by atoms with Crippen molar-refractivity contribution in [2.24, 2.45) is 0 Å². The number of piperazine rings is 1. The lowest BCUT2D eigenvalue weighted by molar-refractivity contribution is -0.137. The minimum Gasteiger partial charge on any atom is -0.369 e. The first kappa shape index (κ1) is 19.7. The van der Waals surface area contributed by atoms with Gasteiger partial charge in [0.05, 0.1) is 5.56 Å². The fourth-order valence-corrected chi connectivity index (χ4v) is 3.43. The average Bonchev–Trinajstić information content (AvgIpc) is 2.66. The quantitative estimate of drug-likeness (QED) is 0.661. The largest absolute Gasteiger partial charge is 0.416 e. The second-order valence-electron chi connectivity index (χ2n) is 7.11. The van der Waals surface area contributed by atoms with E-state index < -0.39 is 11.7 Å². The molecule has 2 aromatic carbocycles. The van der Waals surface area contributed by atoms with Gasteiger partial charge in [0.25, 0.3) is 0 Å². The number of alkyl halides is 3. The van der Waals surface area contributed by atoms with Gasteiger partial charge in [-0.1, -0.05) is 19.1 Å². The molecular weight excluding hydrogens is 356 g/mol. The molecule has 2 aromatic rings. The van der Waals surface area contributed by atoms with E-state index in [2.05, 4.69) is 16.7 Å². The number of benzene rings is 2. The van der Waals surface area contributed by atoms with Crippen LogP contribution in [0.3, 0.4) is 0 Å². The molecule has 1 unspecified atom stereocenters. The normalized spacial score (nSPS) is 17.1. The third-order valence-corrected chi connectivity index (χ3v) is 5.25. The van der Waals surface area contributed by atoms with Crippen LogP contribution < -0.4 is 4.90 Å². The molecule has 1 aliphatic heterocycles. The summed E-state index contributed by atoms with van der Waals surface area (Å²) in [5.74, 6) is -0.0166. The molecule has 0 aromatic heterocycles. The maximum atomic E-state index is 13.0. The van der Waals surface area contributed by atoms with Gasteiger partial charge in [-0.25, -0.2) is 4.39 Å². The molecule has 146 valence electrons. The fraction of sp³-hybridized carbons (Fsp3) is 0.429. The maximum absolute atomic E-state index is 13.0. The Morgan fingerprint density at radius 2 is 1.48 bits per heavy atom. The number of anilines is 1. The van der Waals surface area contributed by atoms with Gasteiger partial charge in [0.15, 0.2) is 0 Å². The van der Waals surface area contributed by atoms with E-state index in [0.29, 0.717) is 0 Å². The van der Waals surface area contributed by atoms with E-state index in [9.17, 15) is 17.6 Å². The number of halogens is 4. The molecule has 2 nitrogen and oxygen atoms in total. The highest BCUT2D eigenvalue weighted by molar-refractivity contribution is 5.46. The molecule has 0 bridgehead atoms. The van der Waals surface area contributed by atoms with Crippen molar-refractivity contribution in [1.82, 2.24) is 4.90 Å². The molecule has 1 aliphatic rings. The topological polar surface area (TPSA) is 6.48 Å². The molecule has 0 amide bonds. The molecular formula is C21H24F4N2. The predicted octanol–water partition coefficient (Wildman–Crippen LogP) is 5.16. The number of hydrogen-bond donors (Lipinski definition) is 0. The number of rotatable bonds is 5. The predicted molar refractivity (Wildman–Crippen MR) is 99.5 cm³/mol. The fourth-order valence-electron chi connectivity index (χ4n) is 3.43.